The van der Waals surface area contributed by atoms with Gasteiger partial charge in [0.15, 0.2) is 0 Å². The van der Waals surface area contributed by atoms with Crippen molar-refractivity contribution in [1.82, 2.24) is 0 Å². The zero-order valence-electron chi connectivity index (χ0n) is 1.47. The third kappa shape index (κ3) is 8.82. The topological polar surface area (TPSA) is 0 Å². The summed E-state index contributed by atoms with van der Waals surface area (Å²) in [6.07, 6.45) is 0. The average molecular weight is 388 g/mol. The van der Waals surface area contributed by atoms with Crippen LogP contribution in [0.25, 0.3) is 0 Å². The van der Waals surface area contributed by atoms with E-state index in [4.69, 9.17) is 0 Å². The van der Waals surface area contributed by atoms with Crippen LogP contribution >= 0.6 is 23.3 Å². The van der Waals surface area contributed by atoms with E-state index in [9.17, 15) is 0 Å². The van der Waals surface area contributed by atoms with Crippen LogP contribution in [0, 0.1) is 0 Å². The van der Waals surface area contributed by atoms with Crippen molar-refractivity contribution in [2.45, 2.75) is 0 Å². The molecular weight excluding hydrogens is 383 g/mol. The Labute approximate surface area is 75.3 Å². The Hall–Kier alpha value is 2.49. The molecule has 23 valence electrons. The van der Waals surface area contributed by atoms with Crippen LogP contribution in [0.2, 0.25) is 0 Å². The van der Waals surface area contributed by atoms with E-state index in [1.807, 2.05) is 0 Å². The molecule has 0 amide bonds. The molecule has 0 aliphatic carbocycles. The van der Waals surface area contributed by atoms with Crippen LogP contribution in [-0.2, 0) is 0 Å². The zero-order valence-corrected chi connectivity index (χ0v) is 7.75. The number of hydrogen-bond acceptors (Lipinski definition) is 2. The van der Waals surface area contributed by atoms with Gasteiger partial charge in [-0.1, -0.05) is 0 Å². The van der Waals surface area contributed by atoms with E-state index in [2.05, 4.69) is 23.3 Å². The Kier molecular flexibility index (Phi) is 71.6. The second kappa shape index (κ2) is 17.8. The van der Waals surface area contributed by atoms with Crippen LogP contribution in [0.1, 0.15) is 0 Å². The first-order valence-electron chi connectivity index (χ1n) is 0.200. The van der Waals surface area contributed by atoms with Crippen molar-refractivity contribution in [2.24, 2.45) is 0 Å². The van der Waals surface area contributed by atoms with Crippen LogP contribution in [0.15, 0.2) is 0 Å². The largest absolute Gasteiger partial charge is 0 e. The van der Waals surface area contributed by atoms with Crippen molar-refractivity contribution in [3.63, 3.8) is 0 Å². The summed E-state index contributed by atoms with van der Waals surface area (Å²) in [7, 11) is 0. The summed E-state index contributed by atoms with van der Waals surface area (Å²) in [6.45, 7) is 0. The van der Waals surface area contributed by atoms with Gasteiger partial charge in [-0.05, 0) is 0 Å². The van der Waals surface area contributed by atoms with Gasteiger partial charge in [0.2, 0.25) is 0 Å². The van der Waals surface area contributed by atoms with Crippen molar-refractivity contribution >= 4 is 76.5 Å². The molecule has 4 heteroatoms. The minimum absolute atomic E-state index is 0. The predicted octanol–water partition coefficient (Wildman–Crippen LogP) is -0.804. The first kappa shape index (κ1) is 16.1. The van der Waals surface area contributed by atoms with Crippen molar-refractivity contribution in [1.29, 1.82) is 0 Å². The third-order valence-corrected chi connectivity index (χ3v) is 0. The molecule has 0 N–H and O–H groups in total. The van der Waals surface area contributed by atoms with Crippen LogP contribution < -0.4 is 0 Å². The molecule has 0 aromatic heterocycles. The van der Waals surface area contributed by atoms with Crippen molar-refractivity contribution in [2.75, 3.05) is 0 Å². The van der Waals surface area contributed by atoms with E-state index in [0.717, 1.165) is 0 Å². The van der Waals surface area contributed by atoms with Gasteiger partial charge in [-0.3, -0.25) is 0 Å². The number of thiol groups is 2. The molecule has 0 saturated heterocycles. The molecule has 0 fully saturated rings. The molecule has 0 atom stereocenters. The zero-order chi connectivity index (χ0) is 2.00. The molecule has 0 nitrogen and oxygen atoms in total. The van der Waals surface area contributed by atoms with Crippen LogP contribution in [0.3, 0.4) is 0 Å². The van der Waals surface area contributed by atoms with E-state index in [-0.39, 0.29) is 53.1 Å². The molecular formula is H5InS2Tl. The van der Waals surface area contributed by atoms with Gasteiger partial charge in [0, 0.05) is 27.3 Å². The van der Waals surface area contributed by atoms with Crippen molar-refractivity contribution in [3.05, 3.63) is 0 Å². The van der Waals surface area contributed by atoms with Gasteiger partial charge >= 0.3 is 25.8 Å². The molecule has 0 spiro atoms. The van der Waals surface area contributed by atoms with Gasteiger partial charge in [0.05, 0.1) is 0 Å². The van der Waals surface area contributed by atoms with E-state index in [1.165, 1.54) is 0 Å². The minimum Gasteiger partial charge on any atom is 0 e. The summed E-state index contributed by atoms with van der Waals surface area (Å²) < 4.78 is 0. The smallest absolute Gasteiger partial charge is 0 e. The molecule has 0 unspecified atom stereocenters. The quantitative estimate of drug-likeness (QED) is 0.303. The maximum absolute atomic E-state index is 3.22. The van der Waals surface area contributed by atoms with E-state index < -0.39 is 0 Å². The summed E-state index contributed by atoms with van der Waals surface area (Å²) in [5.41, 5.74) is 0. The Bertz CT molecular complexity index is 6.00. The summed E-state index contributed by atoms with van der Waals surface area (Å²) in [6, 6.07) is 0. The standard InChI is InChI=1S/In.H2S2.Tl.3H/c;1-2;;;;/h;1-2H;;;;. The van der Waals surface area contributed by atoms with E-state index in [1.54, 1.807) is 0 Å². The van der Waals surface area contributed by atoms with Gasteiger partial charge < -0.3 is 0 Å². The monoisotopic (exact) mass is 389 g/mol. The number of rotatable bonds is 0. The first-order chi connectivity index (χ1) is 1.00. The molecule has 0 aliphatic heterocycles. The van der Waals surface area contributed by atoms with Crippen LogP contribution in [-0.4, -0.2) is 53.1 Å². The Balaban J connectivity index is -0.00000000500. The fourth-order valence-electron chi connectivity index (χ4n) is 0. The molecule has 0 saturated carbocycles. The first-order valence-corrected chi connectivity index (χ1v) is 1.80. The summed E-state index contributed by atoms with van der Waals surface area (Å²) in [4.78, 5) is 0. The molecule has 0 aromatic rings. The van der Waals surface area contributed by atoms with Crippen LogP contribution in [0.5, 0.6) is 0 Å². The summed E-state index contributed by atoms with van der Waals surface area (Å²) in [5.74, 6) is 0. The van der Waals surface area contributed by atoms with Gasteiger partial charge in [-0.2, -0.15) is 0 Å². The molecule has 0 heterocycles. The fraction of sp³-hybridized carbons (Fsp3) is 0. The summed E-state index contributed by atoms with van der Waals surface area (Å²) >= 11 is 6.44. The normalized spacial score (nSPS) is 1.50. The van der Waals surface area contributed by atoms with Gasteiger partial charge in [0.25, 0.3) is 0 Å². The summed E-state index contributed by atoms with van der Waals surface area (Å²) in [5, 5.41) is 0. The van der Waals surface area contributed by atoms with Gasteiger partial charge in [-0.15, -0.1) is 23.3 Å². The molecule has 0 bridgehead atoms. The fourth-order valence-corrected chi connectivity index (χ4v) is 0. The van der Waals surface area contributed by atoms with E-state index in [0.29, 0.717) is 0 Å². The maximum Gasteiger partial charge on any atom is 0 e. The number of hydrogen-bond donors (Lipinski definition) is 2. The van der Waals surface area contributed by atoms with Crippen LogP contribution in [0.4, 0.5) is 0 Å². The molecule has 0 aromatic carbocycles. The molecule has 1 radical (unpaired) electrons. The van der Waals surface area contributed by atoms with Gasteiger partial charge in [0.1, 0.15) is 0 Å². The SMILES string of the molecule is SS.[InH3].[Tl]. The van der Waals surface area contributed by atoms with Crippen molar-refractivity contribution < 1.29 is 0 Å². The van der Waals surface area contributed by atoms with Gasteiger partial charge in [-0.25, -0.2) is 0 Å². The Morgan fingerprint density at radius 1 is 1.00 bits per heavy atom. The van der Waals surface area contributed by atoms with E-state index >= 15 is 0 Å². The predicted molar refractivity (Wildman–Crippen MR) is 33.7 cm³/mol. The molecule has 0 rings (SSSR count). The third-order valence-electron chi connectivity index (χ3n) is 0. The second-order valence-corrected chi connectivity index (χ2v) is 0. The Morgan fingerprint density at radius 3 is 1.00 bits per heavy atom. The maximum atomic E-state index is 3.22. The second-order valence-electron chi connectivity index (χ2n) is 0. The Morgan fingerprint density at radius 2 is 1.00 bits per heavy atom. The molecule has 0 aliphatic rings. The minimum atomic E-state index is 0. The van der Waals surface area contributed by atoms with Crippen molar-refractivity contribution in [3.8, 4) is 0 Å². The average Bonchev–Trinajstić information content (AvgIpc) is 1.00. The molecule has 4 heavy (non-hydrogen) atoms.